The van der Waals surface area contributed by atoms with Crippen LogP contribution in [0.15, 0.2) is 43.2 Å². The molecule has 1 saturated heterocycles. The summed E-state index contributed by atoms with van der Waals surface area (Å²) in [4.78, 5) is 116. The van der Waals surface area contributed by atoms with Crippen molar-refractivity contribution in [3.05, 3.63) is 94.4 Å². The molecule has 0 aromatic carbocycles. The molecule has 40 heteroatoms. The van der Waals surface area contributed by atoms with Gasteiger partial charge in [0.15, 0.2) is 41.6 Å². The van der Waals surface area contributed by atoms with Gasteiger partial charge >= 0.3 is 51.2 Å². The van der Waals surface area contributed by atoms with Crippen LogP contribution in [0.2, 0.25) is 98.2 Å². The van der Waals surface area contributed by atoms with Crippen LogP contribution in [0.4, 0.5) is 0 Å². The van der Waals surface area contributed by atoms with Crippen molar-refractivity contribution in [1.29, 1.82) is 0 Å². The quantitative estimate of drug-likeness (QED) is 0.0188. The molecular formula is C57H113N9O26Si5. The van der Waals surface area contributed by atoms with E-state index in [4.69, 9.17) is 42.2 Å². The number of aromatic nitrogens is 9. The van der Waals surface area contributed by atoms with Crippen LogP contribution in [0.25, 0.3) is 0 Å². The Hall–Kier alpha value is -4.37. The second-order valence-corrected chi connectivity index (χ2v) is 51.5. The number of hydrogen-bond donors (Lipinski definition) is 11. The van der Waals surface area contributed by atoms with Gasteiger partial charge in [-0.15, -0.1) is 0 Å². The first-order valence-electron chi connectivity index (χ1n) is 32.6. The van der Waals surface area contributed by atoms with E-state index in [0.717, 1.165) is 33.8 Å². The van der Waals surface area contributed by atoms with E-state index in [0.29, 0.717) is 46.0 Å². The lowest BCUT2D eigenvalue weighted by atomic mass is 10.2. The summed E-state index contributed by atoms with van der Waals surface area (Å²) >= 11 is 0. The molecular weight excluding hydrogens is 1370 g/mol. The minimum absolute atomic E-state index is 0.0351. The molecule has 0 aliphatic carbocycles. The molecule has 9 unspecified atom stereocenters. The van der Waals surface area contributed by atoms with Crippen molar-refractivity contribution in [3.63, 3.8) is 0 Å². The summed E-state index contributed by atoms with van der Waals surface area (Å²) in [7, 11) is -9.59. The van der Waals surface area contributed by atoms with Crippen LogP contribution >= 0.6 is 0 Å². The summed E-state index contributed by atoms with van der Waals surface area (Å²) in [6.45, 7) is 25.3. The summed E-state index contributed by atoms with van der Waals surface area (Å²) in [5.41, 5.74) is -8.18. The molecule has 0 radical (unpaired) electrons. The normalized spacial score (nSPS) is 16.3. The van der Waals surface area contributed by atoms with Gasteiger partial charge in [0, 0.05) is 19.6 Å². The molecule has 4 rings (SSSR count). The number of epoxide rings is 1. The number of hydrogen-bond acceptors (Lipinski definition) is 26. The van der Waals surface area contributed by atoms with Gasteiger partial charge in [-0.2, -0.15) is 0 Å². The first-order chi connectivity index (χ1) is 44.6. The molecule has 0 amide bonds. The largest absolute Gasteiger partial charge is 0.415 e. The minimum atomic E-state index is -1.96. The summed E-state index contributed by atoms with van der Waals surface area (Å²) in [5, 5.41) is 107. The Morgan fingerprint density at radius 3 is 0.732 bits per heavy atom. The highest BCUT2D eigenvalue weighted by atomic mass is 28.4. The standard InChI is InChI=1S/C21H45N3O9Si3.C21H39N3O8Si.C15H29N3O9Si/c1-34(2,3)31-13-16(25)10-22-19(28)23(11-17(26)14-32-35(4,5)6)21(30)24(20(22)29)12-18(27)15-33-36(7,8)9;1-33(2,3)32-14-17(27)8-5-11-23-19(28)22(10-4-7-16(26)13-25)20(29)24(21(23)30)12-6-9-18-15-31-18;1-28(2,3)27-9-12(23)6-18-14(25)16(4-10(21)7-19)13(24)17(15(18)26)5-11(22)8-20/h16-18,25-27H,10-15H2,1-9H3;16-18,25-27H,4-15H2,1-3H3;10-12,19-23H,4-9H2,1-3H3. The average molecular weight is 1480 g/mol. The third-order valence-corrected chi connectivity index (χ3v) is 19.0. The fraction of sp³-hybridized carbons (Fsp3) is 0.842. The lowest BCUT2D eigenvalue weighted by Gasteiger charge is -2.23. The van der Waals surface area contributed by atoms with Crippen molar-refractivity contribution in [2.75, 3.05) is 59.5 Å². The van der Waals surface area contributed by atoms with Crippen molar-refractivity contribution in [3.8, 4) is 0 Å². The van der Waals surface area contributed by atoms with Crippen LogP contribution in [0.3, 0.4) is 0 Å². The molecule has 4 heterocycles. The van der Waals surface area contributed by atoms with E-state index in [2.05, 4.69) is 0 Å². The Balaban J connectivity index is 0.000000499. The van der Waals surface area contributed by atoms with E-state index in [9.17, 15) is 84.0 Å². The van der Waals surface area contributed by atoms with Crippen molar-refractivity contribution in [1.82, 2.24) is 41.1 Å². The minimum Gasteiger partial charge on any atom is -0.415 e. The second kappa shape index (κ2) is 40.3. The monoisotopic (exact) mass is 1480 g/mol. The lowest BCUT2D eigenvalue weighted by molar-refractivity contribution is 0.0665. The first kappa shape index (κ1) is 88.7. The first-order valence-corrected chi connectivity index (χ1v) is 49.6. The van der Waals surface area contributed by atoms with Gasteiger partial charge in [-0.25, -0.2) is 84.3 Å². The Labute approximate surface area is 567 Å². The fourth-order valence-corrected chi connectivity index (χ4v) is 12.2. The Morgan fingerprint density at radius 1 is 0.320 bits per heavy atom. The highest BCUT2D eigenvalue weighted by Gasteiger charge is 2.28. The molecule has 1 fully saturated rings. The lowest BCUT2D eigenvalue weighted by Crippen LogP contribution is -2.57. The zero-order valence-corrected chi connectivity index (χ0v) is 64.2. The molecule has 3 aromatic heterocycles. The smallest absolute Gasteiger partial charge is 0.336 e. The highest BCUT2D eigenvalue weighted by Crippen LogP contribution is 2.15. The third-order valence-electron chi connectivity index (χ3n) is 13.8. The molecule has 11 N–H and O–H groups in total. The predicted molar refractivity (Wildman–Crippen MR) is 371 cm³/mol. The molecule has 3 aromatic rings. The topological polar surface area (TPSA) is 479 Å². The van der Waals surface area contributed by atoms with Crippen molar-refractivity contribution < 1.29 is 83.0 Å². The van der Waals surface area contributed by atoms with E-state index < -0.39 is 201 Å². The van der Waals surface area contributed by atoms with Gasteiger partial charge in [0.25, 0.3) is 0 Å². The molecule has 35 nitrogen and oxygen atoms in total. The number of ether oxygens (including phenoxy) is 1. The zero-order chi connectivity index (χ0) is 74.3. The van der Waals surface area contributed by atoms with E-state index >= 15 is 0 Å². The predicted octanol–water partition coefficient (Wildman–Crippen LogP) is -4.62. The average Bonchev–Trinajstić information content (AvgIpc) is 1.78. The molecule has 1 aliphatic heterocycles. The SMILES string of the molecule is C[Si](C)(C)OCC(O)CCCn1c(=O)n(CCCC(O)CO)c(=O)n(CCCC2CO2)c1=O.C[Si](C)(C)OCC(O)Cn1c(=O)n(CC(O)CO)c(=O)n(CC(O)CO)c1=O.C[Si](C)(C)OCC(O)Cn1c(=O)n(CC(O)CO[Si](C)(C)C)c(=O)n(CC(O)CO[Si](C)(C)C)c1=O. The zero-order valence-electron chi connectivity index (χ0n) is 59.2. The maximum atomic E-state index is 13.1. The molecule has 0 saturated carbocycles. The summed E-state index contributed by atoms with van der Waals surface area (Å²) < 4.78 is 40.4. The summed E-state index contributed by atoms with van der Waals surface area (Å²) in [6, 6.07) is 0. The van der Waals surface area contributed by atoms with Crippen LogP contribution in [0.1, 0.15) is 38.5 Å². The summed E-state index contributed by atoms with van der Waals surface area (Å²) in [5.74, 6) is 0. The molecule has 1 aliphatic rings. The van der Waals surface area contributed by atoms with E-state index in [1.165, 1.54) is 0 Å². The highest BCUT2D eigenvalue weighted by molar-refractivity contribution is 6.71. The van der Waals surface area contributed by atoms with Gasteiger partial charge in [0.1, 0.15) is 0 Å². The van der Waals surface area contributed by atoms with E-state index in [1.807, 2.05) is 98.2 Å². The molecule has 0 bridgehead atoms. The number of nitrogens with zero attached hydrogens (tertiary/aromatic N) is 9. The Morgan fingerprint density at radius 2 is 0.515 bits per heavy atom. The van der Waals surface area contributed by atoms with Crippen LogP contribution in [-0.4, -0.2) is 253 Å². The maximum Gasteiger partial charge on any atom is 0.336 e. The molecule has 97 heavy (non-hydrogen) atoms. The van der Waals surface area contributed by atoms with Crippen molar-refractivity contribution in [2.24, 2.45) is 0 Å². The Kier molecular flexibility index (Phi) is 36.9. The van der Waals surface area contributed by atoms with Gasteiger partial charge in [-0.1, -0.05) is 0 Å². The molecule has 562 valence electrons. The molecule has 9 atom stereocenters. The van der Waals surface area contributed by atoms with Crippen molar-refractivity contribution in [2.45, 2.75) is 251 Å². The number of aliphatic hydroxyl groups excluding tert-OH is 11. The number of rotatable bonds is 42. The van der Waals surface area contributed by atoms with Crippen LogP contribution < -0.4 is 51.2 Å². The van der Waals surface area contributed by atoms with Gasteiger partial charge in [0.05, 0.1) is 154 Å². The number of aliphatic hydroxyl groups is 11. The fourth-order valence-electron chi connectivity index (χ4n) is 8.74. The summed E-state index contributed by atoms with van der Waals surface area (Å²) in [6.07, 6.45) is -6.50. The van der Waals surface area contributed by atoms with Gasteiger partial charge < -0.3 is 83.0 Å². The van der Waals surface area contributed by atoms with Crippen molar-refractivity contribution >= 4 is 41.6 Å². The van der Waals surface area contributed by atoms with Gasteiger partial charge in [-0.3, -0.25) is 0 Å². The second-order valence-electron chi connectivity index (χ2n) is 28.9. The van der Waals surface area contributed by atoms with Crippen LogP contribution in [-0.2, 0) is 85.8 Å². The third kappa shape index (κ3) is 33.3. The van der Waals surface area contributed by atoms with Crippen LogP contribution in [0.5, 0.6) is 0 Å². The van der Waals surface area contributed by atoms with Gasteiger partial charge in [0.2, 0.25) is 0 Å². The van der Waals surface area contributed by atoms with Crippen LogP contribution in [0, 0.1) is 0 Å². The maximum absolute atomic E-state index is 13.1. The molecule has 0 spiro atoms. The van der Waals surface area contributed by atoms with E-state index in [-0.39, 0.29) is 65.2 Å². The van der Waals surface area contributed by atoms with E-state index in [1.54, 1.807) is 0 Å². The Bertz CT molecular complexity index is 3250. The van der Waals surface area contributed by atoms with Gasteiger partial charge in [-0.05, 0) is 137 Å².